The summed E-state index contributed by atoms with van der Waals surface area (Å²) in [4.78, 5) is 21.3. The Hall–Kier alpha value is -3.27. The predicted molar refractivity (Wildman–Crippen MR) is 103 cm³/mol. The van der Waals surface area contributed by atoms with Crippen molar-refractivity contribution in [2.75, 3.05) is 44.8 Å². The molecule has 1 unspecified atom stereocenters. The fourth-order valence-corrected chi connectivity index (χ4v) is 3.85. The number of para-hydroxylation sites is 1. The minimum absolute atomic E-state index is 0.120. The highest BCUT2D eigenvalue weighted by Crippen LogP contribution is 2.36. The number of fused-ring (bicyclic) bond motifs is 1. The number of methoxy groups -OCH3 is 1. The number of amides is 1. The average Bonchev–Trinajstić information content (AvgIpc) is 2.77. The third kappa shape index (κ3) is 3.33. The molecule has 2 aliphatic heterocycles. The molecule has 0 radical (unpaired) electrons. The normalized spacial score (nSPS) is 18.6. The molecule has 0 aliphatic carbocycles. The predicted octanol–water partition coefficient (Wildman–Crippen LogP) is 1.86. The maximum Gasteiger partial charge on any atom is 0.229 e. The van der Waals surface area contributed by atoms with Crippen LogP contribution in [0.1, 0.15) is 11.1 Å². The molecule has 1 atom stereocenters. The third-order valence-corrected chi connectivity index (χ3v) is 5.32. The van der Waals surface area contributed by atoms with E-state index in [0.29, 0.717) is 56.3 Å². The Balaban J connectivity index is 1.40. The van der Waals surface area contributed by atoms with E-state index in [1.54, 1.807) is 25.4 Å². The molecule has 1 aromatic carbocycles. The maximum atomic E-state index is 13.0. The first-order valence-electron chi connectivity index (χ1n) is 9.38. The topological polar surface area (TPSA) is 78.7 Å². The van der Waals surface area contributed by atoms with Gasteiger partial charge in [-0.25, -0.2) is 4.98 Å². The van der Waals surface area contributed by atoms with Gasteiger partial charge in [0.1, 0.15) is 18.5 Å². The van der Waals surface area contributed by atoms with E-state index in [2.05, 4.69) is 16.0 Å². The number of nitriles is 1. The first-order valence-corrected chi connectivity index (χ1v) is 9.38. The lowest BCUT2D eigenvalue weighted by Crippen LogP contribution is -2.52. The summed E-state index contributed by atoms with van der Waals surface area (Å²) in [6.45, 7) is 2.92. The highest BCUT2D eigenvalue weighted by molar-refractivity contribution is 5.80. The smallest absolute Gasteiger partial charge is 0.229 e. The van der Waals surface area contributed by atoms with Gasteiger partial charge in [0.25, 0.3) is 0 Å². The van der Waals surface area contributed by atoms with Crippen LogP contribution in [0.2, 0.25) is 0 Å². The average molecular weight is 378 g/mol. The maximum absolute atomic E-state index is 13.0. The second-order valence-corrected chi connectivity index (χ2v) is 6.96. The lowest BCUT2D eigenvalue weighted by molar-refractivity contribution is -0.137. The standard InChI is InChI=1S/C21H22N4O3/c1-27-18-6-2-4-15-12-17(14-28-19(15)18)21(26)25-10-8-24(9-11-25)20-16(13-22)5-3-7-23-20/h2-7,17H,8-12,14H2,1H3. The van der Waals surface area contributed by atoms with Crippen molar-refractivity contribution in [3.8, 4) is 17.6 Å². The molecule has 0 saturated carbocycles. The van der Waals surface area contributed by atoms with Gasteiger partial charge >= 0.3 is 0 Å². The highest BCUT2D eigenvalue weighted by atomic mass is 16.5. The van der Waals surface area contributed by atoms with Crippen LogP contribution in [0.5, 0.6) is 11.5 Å². The summed E-state index contributed by atoms with van der Waals surface area (Å²) < 4.78 is 11.2. The Bertz CT molecular complexity index is 916. The molecular formula is C21H22N4O3. The molecule has 1 aromatic heterocycles. The van der Waals surface area contributed by atoms with E-state index >= 15 is 0 Å². The highest BCUT2D eigenvalue weighted by Gasteiger charge is 2.32. The van der Waals surface area contributed by atoms with Gasteiger partial charge in [-0.3, -0.25) is 4.79 Å². The van der Waals surface area contributed by atoms with Crippen LogP contribution in [0.4, 0.5) is 5.82 Å². The second-order valence-electron chi connectivity index (χ2n) is 6.96. The summed E-state index contributed by atoms with van der Waals surface area (Å²) in [5, 5.41) is 9.27. The second kappa shape index (κ2) is 7.77. The molecular weight excluding hydrogens is 356 g/mol. The van der Waals surface area contributed by atoms with Crippen LogP contribution in [-0.4, -0.2) is 55.7 Å². The molecule has 0 N–H and O–H groups in total. The van der Waals surface area contributed by atoms with Crippen molar-refractivity contribution >= 4 is 11.7 Å². The quantitative estimate of drug-likeness (QED) is 0.811. The van der Waals surface area contributed by atoms with Crippen LogP contribution in [-0.2, 0) is 11.2 Å². The number of pyridine rings is 1. The fraction of sp³-hybridized carbons (Fsp3) is 0.381. The number of aromatic nitrogens is 1. The molecule has 7 heteroatoms. The van der Waals surface area contributed by atoms with E-state index < -0.39 is 0 Å². The van der Waals surface area contributed by atoms with Gasteiger partial charge in [-0.05, 0) is 30.2 Å². The number of carbonyl (C=O) groups excluding carboxylic acids is 1. The first-order chi connectivity index (χ1) is 13.7. The van der Waals surface area contributed by atoms with Gasteiger partial charge < -0.3 is 19.3 Å². The van der Waals surface area contributed by atoms with Crippen molar-refractivity contribution in [1.82, 2.24) is 9.88 Å². The molecule has 3 heterocycles. The molecule has 7 nitrogen and oxygen atoms in total. The number of carbonyl (C=O) groups is 1. The largest absolute Gasteiger partial charge is 0.493 e. The van der Waals surface area contributed by atoms with Crippen molar-refractivity contribution in [2.45, 2.75) is 6.42 Å². The first kappa shape index (κ1) is 18.1. The van der Waals surface area contributed by atoms with Gasteiger partial charge in [0.2, 0.25) is 5.91 Å². The number of anilines is 1. The molecule has 1 fully saturated rings. The van der Waals surface area contributed by atoms with Crippen molar-refractivity contribution < 1.29 is 14.3 Å². The lowest BCUT2D eigenvalue weighted by atomic mass is 9.95. The van der Waals surface area contributed by atoms with E-state index in [4.69, 9.17) is 9.47 Å². The van der Waals surface area contributed by atoms with Gasteiger partial charge in [0.05, 0.1) is 18.6 Å². The number of ether oxygens (including phenoxy) is 2. The Morgan fingerprint density at radius 2 is 2.07 bits per heavy atom. The van der Waals surface area contributed by atoms with Gasteiger partial charge in [0.15, 0.2) is 11.5 Å². The Labute approximate surface area is 164 Å². The Kier molecular flexibility index (Phi) is 5.02. The zero-order valence-electron chi connectivity index (χ0n) is 15.8. The zero-order chi connectivity index (χ0) is 19.5. The molecule has 2 aromatic rings. The summed E-state index contributed by atoms with van der Waals surface area (Å²) >= 11 is 0. The number of piperazine rings is 1. The molecule has 1 amide bonds. The Morgan fingerprint density at radius 3 is 2.82 bits per heavy atom. The van der Waals surface area contributed by atoms with Gasteiger partial charge in [-0.2, -0.15) is 5.26 Å². The summed E-state index contributed by atoms with van der Waals surface area (Å²) in [6, 6.07) is 11.5. The fourth-order valence-electron chi connectivity index (χ4n) is 3.85. The van der Waals surface area contributed by atoms with Crippen LogP contribution in [0.3, 0.4) is 0 Å². The lowest BCUT2D eigenvalue weighted by Gasteiger charge is -2.38. The SMILES string of the molecule is COc1cccc2c1OCC(C(=O)N1CCN(c3ncccc3C#N)CC1)C2. The molecule has 1 saturated heterocycles. The summed E-state index contributed by atoms with van der Waals surface area (Å²) in [6.07, 6.45) is 2.35. The number of nitrogens with zero attached hydrogens (tertiary/aromatic N) is 4. The van der Waals surface area contributed by atoms with Gasteiger partial charge in [-0.1, -0.05) is 12.1 Å². The molecule has 4 rings (SSSR count). The minimum atomic E-state index is -0.185. The Morgan fingerprint density at radius 1 is 1.25 bits per heavy atom. The molecule has 144 valence electrons. The zero-order valence-corrected chi connectivity index (χ0v) is 15.8. The molecule has 0 bridgehead atoms. The van der Waals surface area contributed by atoms with E-state index in [0.717, 1.165) is 11.3 Å². The summed E-state index contributed by atoms with van der Waals surface area (Å²) in [7, 11) is 1.62. The van der Waals surface area contributed by atoms with E-state index in [1.807, 2.05) is 23.1 Å². The number of hydrogen-bond acceptors (Lipinski definition) is 6. The molecule has 28 heavy (non-hydrogen) atoms. The van der Waals surface area contributed by atoms with Gasteiger partial charge in [-0.15, -0.1) is 0 Å². The summed E-state index contributed by atoms with van der Waals surface area (Å²) in [5.74, 6) is 2.09. The van der Waals surface area contributed by atoms with Crippen molar-refractivity contribution in [2.24, 2.45) is 5.92 Å². The van der Waals surface area contributed by atoms with E-state index in [9.17, 15) is 10.1 Å². The number of rotatable bonds is 3. The van der Waals surface area contributed by atoms with Crippen LogP contribution in [0.25, 0.3) is 0 Å². The van der Waals surface area contributed by atoms with E-state index in [1.165, 1.54) is 0 Å². The van der Waals surface area contributed by atoms with Gasteiger partial charge in [0, 0.05) is 32.4 Å². The third-order valence-electron chi connectivity index (χ3n) is 5.32. The van der Waals surface area contributed by atoms with Crippen LogP contribution in [0, 0.1) is 17.2 Å². The minimum Gasteiger partial charge on any atom is -0.493 e. The number of hydrogen-bond donors (Lipinski definition) is 0. The van der Waals surface area contributed by atoms with E-state index in [-0.39, 0.29) is 11.8 Å². The van der Waals surface area contributed by atoms with Crippen molar-refractivity contribution in [3.63, 3.8) is 0 Å². The van der Waals surface area contributed by atoms with Crippen LogP contribution < -0.4 is 14.4 Å². The molecule has 2 aliphatic rings. The van der Waals surface area contributed by atoms with Crippen molar-refractivity contribution in [3.05, 3.63) is 47.7 Å². The van der Waals surface area contributed by atoms with Crippen molar-refractivity contribution in [1.29, 1.82) is 5.26 Å². The number of benzene rings is 1. The van der Waals surface area contributed by atoms with Crippen LogP contribution in [0.15, 0.2) is 36.5 Å². The van der Waals surface area contributed by atoms with Crippen LogP contribution >= 0.6 is 0 Å². The summed E-state index contributed by atoms with van der Waals surface area (Å²) in [5.41, 5.74) is 1.57. The molecule has 0 spiro atoms. The monoisotopic (exact) mass is 378 g/mol.